The molecule has 0 saturated heterocycles. The number of benzene rings is 2. The number of halogens is 1. The van der Waals surface area contributed by atoms with Gasteiger partial charge in [0, 0.05) is 0 Å². The summed E-state index contributed by atoms with van der Waals surface area (Å²) in [7, 11) is 4.15. The summed E-state index contributed by atoms with van der Waals surface area (Å²) < 4.78 is 0. The lowest BCUT2D eigenvalue weighted by Gasteiger charge is -2.14. The van der Waals surface area contributed by atoms with Crippen LogP contribution in [0.25, 0.3) is 10.8 Å². The molecule has 0 unspecified atom stereocenters. The maximum absolute atomic E-state index is 6.42. The highest BCUT2D eigenvalue weighted by molar-refractivity contribution is 6.20. The van der Waals surface area contributed by atoms with E-state index in [1.54, 1.807) is 0 Å². The maximum Gasteiger partial charge on any atom is 0.0597 e. The monoisotopic (exact) mass is 247 g/mol. The molecule has 1 nitrogen and oxygen atoms in total. The van der Waals surface area contributed by atoms with Crippen molar-refractivity contribution in [3.05, 3.63) is 48.0 Å². The lowest BCUT2D eigenvalue weighted by Crippen LogP contribution is -2.14. The van der Waals surface area contributed by atoms with Gasteiger partial charge in [-0.15, -0.1) is 11.6 Å². The second-order valence-electron chi connectivity index (χ2n) is 4.67. The summed E-state index contributed by atoms with van der Waals surface area (Å²) in [5, 5.41) is 2.63. The largest absolute Gasteiger partial charge is 0.309 e. The minimum atomic E-state index is 0.0991. The van der Waals surface area contributed by atoms with Gasteiger partial charge in [0.1, 0.15) is 0 Å². The van der Waals surface area contributed by atoms with Crippen LogP contribution in [0.3, 0.4) is 0 Å². The van der Waals surface area contributed by atoms with Gasteiger partial charge < -0.3 is 4.90 Å². The highest BCUT2D eigenvalue weighted by Crippen LogP contribution is 2.27. The van der Waals surface area contributed by atoms with Crippen LogP contribution in [0.2, 0.25) is 0 Å². The molecular formula is C15H18ClN. The van der Waals surface area contributed by atoms with Crippen molar-refractivity contribution in [1.29, 1.82) is 0 Å². The van der Waals surface area contributed by atoms with Crippen molar-refractivity contribution < 1.29 is 0 Å². The topological polar surface area (TPSA) is 3.24 Å². The lowest BCUT2D eigenvalue weighted by atomic mass is 10.0. The third-order valence-corrected chi connectivity index (χ3v) is 3.44. The molecule has 90 valence electrons. The average molecular weight is 248 g/mol. The Bertz CT molecular complexity index is 493. The van der Waals surface area contributed by atoms with E-state index >= 15 is 0 Å². The van der Waals surface area contributed by atoms with Gasteiger partial charge in [-0.05, 0) is 49.5 Å². The molecule has 0 bridgehead atoms. The van der Waals surface area contributed by atoms with Crippen molar-refractivity contribution in [3.8, 4) is 0 Å². The number of hydrogen-bond acceptors (Lipinski definition) is 1. The van der Waals surface area contributed by atoms with Crippen LogP contribution in [0.5, 0.6) is 0 Å². The molecule has 0 aliphatic carbocycles. The highest BCUT2D eigenvalue weighted by Gasteiger charge is 2.08. The van der Waals surface area contributed by atoms with Crippen LogP contribution in [0.1, 0.15) is 17.4 Å². The Morgan fingerprint density at radius 2 is 1.76 bits per heavy atom. The van der Waals surface area contributed by atoms with Gasteiger partial charge in [0.25, 0.3) is 0 Å². The molecule has 0 saturated carbocycles. The first kappa shape index (κ1) is 12.4. The fraction of sp³-hybridized carbons (Fsp3) is 0.333. The Hall–Kier alpha value is -1.05. The first-order chi connectivity index (χ1) is 8.16. The number of nitrogens with zero attached hydrogens (tertiary/aromatic N) is 1. The smallest absolute Gasteiger partial charge is 0.0597 e. The SMILES string of the molecule is CN(C)CC[C@@H](Cl)c1ccc2ccccc2c1. The minimum absolute atomic E-state index is 0.0991. The number of rotatable bonds is 4. The molecule has 1 atom stereocenters. The number of alkyl halides is 1. The summed E-state index contributed by atoms with van der Waals surface area (Å²) in [6.07, 6.45) is 0.979. The molecule has 0 aliphatic heterocycles. The van der Waals surface area contributed by atoms with Crippen LogP contribution in [-0.4, -0.2) is 25.5 Å². The zero-order valence-corrected chi connectivity index (χ0v) is 11.1. The van der Waals surface area contributed by atoms with E-state index in [0.29, 0.717) is 0 Å². The first-order valence-electron chi connectivity index (χ1n) is 5.94. The van der Waals surface area contributed by atoms with E-state index < -0.39 is 0 Å². The Balaban J connectivity index is 2.18. The van der Waals surface area contributed by atoms with Crippen LogP contribution in [-0.2, 0) is 0 Å². The predicted octanol–water partition coefficient (Wildman–Crippen LogP) is 4.07. The Labute approximate surface area is 108 Å². The van der Waals surface area contributed by atoms with E-state index in [1.807, 2.05) is 0 Å². The van der Waals surface area contributed by atoms with Gasteiger partial charge in [0.15, 0.2) is 0 Å². The molecule has 0 heterocycles. The lowest BCUT2D eigenvalue weighted by molar-refractivity contribution is 0.398. The van der Waals surface area contributed by atoms with E-state index in [0.717, 1.165) is 13.0 Å². The van der Waals surface area contributed by atoms with Crippen molar-refractivity contribution in [2.45, 2.75) is 11.8 Å². The average Bonchev–Trinajstić information content (AvgIpc) is 2.35. The molecule has 0 radical (unpaired) electrons. The number of hydrogen-bond donors (Lipinski definition) is 0. The van der Waals surface area contributed by atoms with Crippen molar-refractivity contribution in [2.75, 3.05) is 20.6 Å². The van der Waals surface area contributed by atoms with Gasteiger partial charge in [-0.1, -0.05) is 36.4 Å². The fourth-order valence-electron chi connectivity index (χ4n) is 1.94. The van der Waals surface area contributed by atoms with Gasteiger partial charge in [-0.3, -0.25) is 0 Å². The molecule has 2 aromatic rings. The van der Waals surface area contributed by atoms with Crippen LogP contribution >= 0.6 is 11.6 Å². The van der Waals surface area contributed by atoms with E-state index in [1.165, 1.54) is 16.3 Å². The van der Waals surface area contributed by atoms with Crippen LogP contribution < -0.4 is 0 Å². The Kier molecular flexibility index (Phi) is 4.03. The quantitative estimate of drug-likeness (QED) is 0.737. The Morgan fingerprint density at radius 1 is 1.06 bits per heavy atom. The second-order valence-corrected chi connectivity index (χ2v) is 5.19. The van der Waals surface area contributed by atoms with Crippen molar-refractivity contribution >= 4 is 22.4 Å². The maximum atomic E-state index is 6.42. The molecule has 2 heteroatoms. The molecule has 0 aromatic heterocycles. The molecule has 0 spiro atoms. The summed E-state index contributed by atoms with van der Waals surface area (Å²) in [5.41, 5.74) is 1.22. The normalized spacial score (nSPS) is 13.2. The summed E-state index contributed by atoms with van der Waals surface area (Å²) in [6, 6.07) is 14.9. The third-order valence-electron chi connectivity index (χ3n) is 2.96. The summed E-state index contributed by atoms with van der Waals surface area (Å²) in [5.74, 6) is 0. The van der Waals surface area contributed by atoms with Crippen LogP contribution in [0, 0.1) is 0 Å². The minimum Gasteiger partial charge on any atom is -0.309 e. The summed E-state index contributed by atoms with van der Waals surface area (Å²) in [6.45, 7) is 1.01. The summed E-state index contributed by atoms with van der Waals surface area (Å²) in [4.78, 5) is 2.16. The van der Waals surface area contributed by atoms with Gasteiger partial charge in [-0.25, -0.2) is 0 Å². The van der Waals surface area contributed by atoms with Gasteiger partial charge in [0.2, 0.25) is 0 Å². The molecule has 2 rings (SSSR count). The van der Waals surface area contributed by atoms with Crippen molar-refractivity contribution in [2.24, 2.45) is 0 Å². The van der Waals surface area contributed by atoms with Crippen LogP contribution in [0.15, 0.2) is 42.5 Å². The van der Waals surface area contributed by atoms with E-state index in [-0.39, 0.29) is 5.38 Å². The number of fused-ring (bicyclic) bond motifs is 1. The summed E-state index contributed by atoms with van der Waals surface area (Å²) >= 11 is 6.42. The van der Waals surface area contributed by atoms with Gasteiger partial charge >= 0.3 is 0 Å². The van der Waals surface area contributed by atoms with E-state index in [2.05, 4.69) is 61.5 Å². The standard InChI is InChI=1S/C15H18ClN/c1-17(2)10-9-15(16)14-8-7-12-5-3-4-6-13(12)11-14/h3-8,11,15H,9-10H2,1-2H3/t15-/m1/s1. The zero-order chi connectivity index (χ0) is 12.3. The molecule has 0 fully saturated rings. The van der Waals surface area contributed by atoms with Crippen molar-refractivity contribution in [1.82, 2.24) is 4.90 Å². The molecule has 0 amide bonds. The predicted molar refractivity (Wildman–Crippen MR) is 75.7 cm³/mol. The van der Waals surface area contributed by atoms with Crippen LogP contribution in [0.4, 0.5) is 0 Å². The third kappa shape index (κ3) is 3.21. The zero-order valence-electron chi connectivity index (χ0n) is 10.4. The fourth-order valence-corrected chi connectivity index (χ4v) is 2.17. The van der Waals surface area contributed by atoms with Gasteiger partial charge in [-0.2, -0.15) is 0 Å². The molecule has 2 aromatic carbocycles. The molecular weight excluding hydrogens is 230 g/mol. The molecule has 0 N–H and O–H groups in total. The van der Waals surface area contributed by atoms with Crippen molar-refractivity contribution in [3.63, 3.8) is 0 Å². The van der Waals surface area contributed by atoms with E-state index in [4.69, 9.17) is 11.6 Å². The highest BCUT2D eigenvalue weighted by atomic mass is 35.5. The second kappa shape index (κ2) is 5.52. The Morgan fingerprint density at radius 3 is 2.47 bits per heavy atom. The molecule has 17 heavy (non-hydrogen) atoms. The molecule has 0 aliphatic rings. The van der Waals surface area contributed by atoms with Gasteiger partial charge in [0.05, 0.1) is 5.38 Å². The first-order valence-corrected chi connectivity index (χ1v) is 6.38. The van der Waals surface area contributed by atoms with E-state index in [9.17, 15) is 0 Å².